The highest BCUT2D eigenvalue weighted by atomic mass is 32.1. The zero-order valence-corrected chi connectivity index (χ0v) is 21.3. The Morgan fingerprint density at radius 1 is 1.19 bits per heavy atom. The maximum Gasteiger partial charge on any atom is 0.314 e. The summed E-state index contributed by atoms with van der Waals surface area (Å²) >= 11 is 1.71. The number of aliphatic carboxylic acids is 1. The van der Waals surface area contributed by atoms with Gasteiger partial charge in [0.2, 0.25) is 0 Å². The Balaban J connectivity index is 1.35. The molecule has 0 aliphatic heterocycles. The third-order valence-electron chi connectivity index (χ3n) is 6.85. The van der Waals surface area contributed by atoms with Crippen LogP contribution in [0.3, 0.4) is 0 Å². The molecule has 5 rings (SSSR count). The van der Waals surface area contributed by atoms with E-state index in [-0.39, 0.29) is 5.82 Å². The number of carbonyl (C=O) groups is 1. The minimum atomic E-state index is -0.840. The van der Waals surface area contributed by atoms with E-state index >= 15 is 0 Å². The molecule has 6 nitrogen and oxygen atoms in total. The fourth-order valence-corrected chi connectivity index (χ4v) is 5.96. The molecule has 0 radical (unpaired) electrons. The summed E-state index contributed by atoms with van der Waals surface area (Å²) in [6.45, 7) is 7.00. The number of ether oxygens (including phenoxy) is 1. The number of anilines is 1. The van der Waals surface area contributed by atoms with Crippen LogP contribution in [0.4, 0.5) is 10.2 Å². The molecular formula is C28H28FN3O3S. The number of aryl methyl sites for hydroxylation is 2. The number of thiophene rings is 1. The molecule has 2 aromatic heterocycles. The predicted molar refractivity (Wildman–Crippen MR) is 141 cm³/mol. The molecule has 2 heterocycles. The Bertz CT molecular complexity index is 1460. The van der Waals surface area contributed by atoms with E-state index in [1.54, 1.807) is 23.5 Å². The van der Waals surface area contributed by atoms with Gasteiger partial charge in [-0.05, 0) is 74.7 Å². The van der Waals surface area contributed by atoms with E-state index in [9.17, 15) is 14.3 Å². The molecule has 36 heavy (non-hydrogen) atoms. The fraction of sp³-hybridized carbons (Fsp3) is 0.321. The van der Waals surface area contributed by atoms with E-state index in [2.05, 4.69) is 22.2 Å². The molecule has 2 aromatic carbocycles. The summed E-state index contributed by atoms with van der Waals surface area (Å²) in [5.74, 6) is 0.258. The van der Waals surface area contributed by atoms with Crippen molar-refractivity contribution in [2.24, 2.45) is 0 Å². The topological polar surface area (TPSA) is 84.3 Å². The smallest absolute Gasteiger partial charge is 0.314 e. The molecule has 1 fully saturated rings. The van der Waals surface area contributed by atoms with Crippen molar-refractivity contribution in [3.63, 3.8) is 0 Å². The predicted octanol–water partition coefficient (Wildman–Crippen LogP) is 6.28. The molecule has 1 saturated carbocycles. The second-order valence-corrected chi connectivity index (χ2v) is 10.5. The number of carboxylic acid groups (broad SMARTS) is 1. The first kappa shape index (κ1) is 24.2. The van der Waals surface area contributed by atoms with Crippen molar-refractivity contribution in [2.75, 3.05) is 18.5 Å². The molecule has 0 spiro atoms. The first-order chi connectivity index (χ1) is 17.3. The Morgan fingerprint density at radius 3 is 2.72 bits per heavy atom. The van der Waals surface area contributed by atoms with E-state index in [0.29, 0.717) is 37.6 Å². The van der Waals surface area contributed by atoms with E-state index in [1.807, 2.05) is 38.1 Å². The van der Waals surface area contributed by atoms with Gasteiger partial charge < -0.3 is 15.2 Å². The quantitative estimate of drug-likeness (QED) is 0.278. The summed E-state index contributed by atoms with van der Waals surface area (Å²) in [6, 6.07) is 10.7. The number of hydrogen-bond acceptors (Lipinski definition) is 6. The van der Waals surface area contributed by atoms with Gasteiger partial charge in [-0.1, -0.05) is 12.1 Å². The summed E-state index contributed by atoms with van der Waals surface area (Å²) < 4.78 is 21.0. The van der Waals surface area contributed by atoms with Gasteiger partial charge in [-0.3, -0.25) is 4.79 Å². The standard InChI is InChI=1S/C28H28FN3O3S/c1-4-35-24-12-18(5-6-22(24)28(8-9-28)27(33)34)23-14-25(32-15-31-23)30-10-7-20-17(3)36-26-16(2)11-19(29)13-21(20)26/h5-6,11-15H,4,7-10H2,1-3H3,(H,33,34)(H,30,31,32). The number of aromatic nitrogens is 2. The fourth-order valence-electron chi connectivity index (χ4n) is 4.81. The van der Waals surface area contributed by atoms with E-state index in [1.165, 1.54) is 11.2 Å². The van der Waals surface area contributed by atoms with Gasteiger partial charge in [-0.2, -0.15) is 0 Å². The van der Waals surface area contributed by atoms with Gasteiger partial charge >= 0.3 is 5.97 Å². The molecule has 1 aliphatic carbocycles. The van der Waals surface area contributed by atoms with Crippen molar-refractivity contribution in [1.29, 1.82) is 0 Å². The lowest BCUT2D eigenvalue weighted by molar-refractivity contribution is -0.140. The van der Waals surface area contributed by atoms with E-state index < -0.39 is 11.4 Å². The molecule has 0 amide bonds. The monoisotopic (exact) mass is 505 g/mol. The first-order valence-corrected chi connectivity index (χ1v) is 12.9. The van der Waals surface area contributed by atoms with Crippen LogP contribution < -0.4 is 10.1 Å². The van der Waals surface area contributed by atoms with E-state index in [4.69, 9.17) is 4.74 Å². The van der Waals surface area contributed by atoms with Gasteiger partial charge in [-0.25, -0.2) is 14.4 Å². The van der Waals surface area contributed by atoms with Crippen molar-refractivity contribution in [2.45, 2.75) is 45.4 Å². The SMILES string of the molecule is CCOc1cc(-c2cc(NCCc3c(C)sc4c(C)cc(F)cc34)ncn2)ccc1C1(C(=O)O)CC1. The molecule has 0 unspecified atom stereocenters. The molecule has 4 aromatic rings. The lowest BCUT2D eigenvalue weighted by Crippen LogP contribution is -2.20. The third kappa shape index (κ3) is 4.41. The Kier molecular flexibility index (Phi) is 6.38. The van der Waals surface area contributed by atoms with Crippen LogP contribution in [0.1, 0.15) is 41.3 Å². The van der Waals surface area contributed by atoms with Crippen molar-refractivity contribution in [1.82, 2.24) is 9.97 Å². The van der Waals surface area contributed by atoms with Crippen LogP contribution in [0.25, 0.3) is 21.3 Å². The highest BCUT2D eigenvalue weighted by Gasteiger charge is 2.53. The summed E-state index contributed by atoms with van der Waals surface area (Å²) in [6.07, 6.45) is 3.49. The van der Waals surface area contributed by atoms with Crippen molar-refractivity contribution in [3.05, 3.63) is 70.1 Å². The number of carboxylic acids is 1. The molecule has 0 saturated heterocycles. The Labute approximate surface area is 213 Å². The van der Waals surface area contributed by atoms with Crippen LogP contribution in [-0.2, 0) is 16.6 Å². The number of nitrogens with zero attached hydrogens (tertiary/aromatic N) is 2. The highest BCUT2D eigenvalue weighted by molar-refractivity contribution is 7.19. The number of benzene rings is 2. The lowest BCUT2D eigenvalue weighted by atomic mass is 9.93. The van der Waals surface area contributed by atoms with Crippen LogP contribution in [0, 0.1) is 19.7 Å². The van der Waals surface area contributed by atoms with Crippen LogP contribution in [0.15, 0.2) is 42.7 Å². The van der Waals surface area contributed by atoms with Gasteiger partial charge in [0.25, 0.3) is 0 Å². The molecule has 2 N–H and O–H groups in total. The minimum absolute atomic E-state index is 0.208. The Morgan fingerprint density at radius 2 is 2.00 bits per heavy atom. The van der Waals surface area contributed by atoms with Crippen molar-refractivity contribution < 1.29 is 19.0 Å². The van der Waals surface area contributed by atoms with Crippen LogP contribution in [0.2, 0.25) is 0 Å². The number of fused-ring (bicyclic) bond motifs is 1. The summed E-state index contributed by atoms with van der Waals surface area (Å²) in [5, 5.41) is 14.1. The number of hydrogen-bond donors (Lipinski definition) is 2. The molecular weight excluding hydrogens is 477 g/mol. The first-order valence-electron chi connectivity index (χ1n) is 12.1. The maximum absolute atomic E-state index is 14.0. The molecule has 186 valence electrons. The second-order valence-electron chi connectivity index (χ2n) is 9.23. The zero-order valence-electron chi connectivity index (χ0n) is 20.5. The summed E-state index contributed by atoms with van der Waals surface area (Å²) in [7, 11) is 0. The van der Waals surface area contributed by atoms with Gasteiger partial charge in [0.05, 0.1) is 17.7 Å². The summed E-state index contributed by atoms with van der Waals surface area (Å²) in [5.41, 5.74) is 3.55. The average Bonchev–Trinajstić information content (AvgIpc) is 3.60. The van der Waals surface area contributed by atoms with Gasteiger partial charge in [-0.15, -0.1) is 11.3 Å². The van der Waals surface area contributed by atoms with Crippen molar-refractivity contribution in [3.8, 4) is 17.0 Å². The molecule has 0 atom stereocenters. The van der Waals surface area contributed by atoms with Gasteiger partial charge in [0.15, 0.2) is 0 Å². The largest absolute Gasteiger partial charge is 0.494 e. The maximum atomic E-state index is 14.0. The number of nitrogens with one attached hydrogen (secondary N) is 1. The minimum Gasteiger partial charge on any atom is -0.494 e. The zero-order chi connectivity index (χ0) is 25.4. The molecule has 8 heteroatoms. The molecule has 0 bridgehead atoms. The highest BCUT2D eigenvalue weighted by Crippen LogP contribution is 2.52. The van der Waals surface area contributed by atoms with Crippen LogP contribution in [0.5, 0.6) is 5.75 Å². The number of rotatable bonds is 9. The normalized spacial score (nSPS) is 14.1. The average molecular weight is 506 g/mol. The molecule has 1 aliphatic rings. The third-order valence-corrected chi connectivity index (χ3v) is 8.14. The van der Waals surface area contributed by atoms with Crippen LogP contribution >= 0.6 is 11.3 Å². The van der Waals surface area contributed by atoms with Crippen LogP contribution in [-0.4, -0.2) is 34.2 Å². The van der Waals surface area contributed by atoms with E-state index in [0.717, 1.165) is 44.5 Å². The van der Waals surface area contributed by atoms with Gasteiger partial charge in [0.1, 0.15) is 23.7 Å². The Hall–Kier alpha value is -3.52. The summed E-state index contributed by atoms with van der Waals surface area (Å²) in [4.78, 5) is 21.8. The van der Waals surface area contributed by atoms with Crippen molar-refractivity contribution >= 4 is 33.2 Å². The van der Waals surface area contributed by atoms with Gasteiger partial charge in [0, 0.05) is 33.3 Å². The second kappa shape index (κ2) is 9.50. The number of halogens is 1. The lowest BCUT2D eigenvalue weighted by Gasteiger charge is -2.17.